The van der Waals surface area contributed by atoms with Gasteiger partial charge in [-0.05, 0) is 19.1 Å². The fraction of sp³-hybridized carbons (Fsp3) is 0.364. The zero-order valence-electron chi connectivity index (χ0n) is 8.31. The van der Waals surface area contributed by atoms with Gasteiger partial charge in [0, 0.05) is 18.8 Å². The van der Waals surface area contributed by atoms with Gasteiger partial charge in [0.25, 0.3) is 0 Å². The van der Waals surface area contributed by atoms with Crippen LogP contribution in [0.3, 0.4) is 0 Å². The van der Waals surface area contributed by atoms with Gasteiger partial charge in [-0.15, -0.1) is 0 Å². The molecule has 1 fully saturated rings. The lowest BCUT2D eigenvalue weighted by molar-refractivity contribution is 0.489. The molecule has 0 atom stereocenters. The minimum absolute atomic E-state index is 1.05. The summed E-state index contributed by atoms with van der Waals surface area (Å²) in [6.45, 7) is 4.36. The van der Waals surface area contributed by atoms with E-state index in [1.165, 1.54) is 10.9 Å². The highest BCUT2D eigenvalue weighted by atomic mass is 32.2. The predicted molar refractivity (Wildman–Crippen MR) is 63.2 cm³/mol. The van der Waals surface area contributed by atoms with E-state index in [9.17, 15) is 0 Å². The number of hydrogen-bond donors (Lipinski definition) is 0. The zero-order valence-corrected chi connectivity index (χ0v) is 9.13. The minimum atomic E-state index is 1.05. The molecule has 1 heterocycles. The summed E-state index contributed by atoms with van der Waals surface area (Å²) in [5, 5.41) is 1.17. The summed E-state index contributed by atoms with van der Waals surface area (Å²) in [6, 6.07) is 10.1. The monoisotopic (exact) mass is 206 g/mol. The van der Waals surface area contributed by atoms with Crippen LogP contribution in [0.4, 0.5) is 5.69 Å². The van der Waals surface area contributed by atoms with Crippen LogP contribution in [0.2, 0.25) is 0 Å². The van der Waals surface area contributed by atoms with Crippen LogP contribution in [-0.2, 0) is 0 Å². The Morgan fingerprint density at radius 1 is 1.36 bits per heavy atom. The van der Waals surface area contributed by atoms with E-state index in [1.807, 2.05) is 42.1 Å². The van der Waals surface area contributed by atoms with Gasteiger partial charge in [-0.1, -0.05) is 30.0 Å². The first-order valence-electron chi connectivity index (χ1n) is 4.91. The largest absolute Gasteiger partial charge is 0.351 e. The molecule has 74 valence electrons. The van der Waals surface area contributed by atoms with Crippen molar-refractivity contribution >= 4 is 22.6 Å². The highest BCUT2D eigenvalue weighted by Crippen LogP contribution is 2.21. The molecule has 1 aliphatic rings. The summed E-state index contributed by atoms with van der Waals surface area (Å²) in [5.74, 6) is 1.17. The summed E-state index contributed by atoms with van der Waals surface area (Å²) in [5.41, 5.74) is 1.05. The molecule has 0 aromatic heterocycles. The Morgan fingerprint density at radius 3 is 2.86 bits per heavy atom. The van der Waals surface area contributed by atoms with Gasteiger partial charge < -0.3 is 4.90 Å². The van der Waals surface area contributed by atoms with Gasteiger partial charge in [0.2, 0.25) is 0 Å². The number of para-hydroxylation sites is 1. The number of thioether (sulfide) groups is 1. The highest BCUT2D eigenvalue weighted by Gasteiger charge is 2.16. The molecule has 0 bridgehead atoms. The van der Waals surface area contributed by atoms with E-state index < -0.39 is 0 Å². The van der Waals surface area contributed by atoms with Crippen molar-refractivity contribution in [3.63, 3.8) is 0 Å². The normalized spacial score (nSPS) is 19.2. The molecule has 0 N–H and O–H groups in total. The molecule has 1 aromatic rings. The summed E-state index contributed by atoms with van der Waals surface area (Å²) >= 11 is 1.85. The Balaban J connectivity index is 2.18. The van der Waals surface area contributed by atoms with Crippen LogP contribution >= 0.6 is 11.8 Å². The third-order valence-corrected chi connectivity index (χ3v) is 3.22. The first-order valence-corrected chi connectivity index (χ1v) is 5.90. The van der Waals surface area contributed by atoms with Crippen LogP contribution in [0, 0.1) is 0 Å². The second-order valence-corrected chi connectivity index (χ2v) is 4.22. The van der Waals surface area contributed by atoms with Gasteiger partial charge in [-0.3, -0.25) is 0 Å². The first kappa shape index (κ1) is 9.59. The Kier molecular flexibility index (Phi) is 3.09. The summed E-state index contributed by atoms with van der Waals surface area (Å²) in [4.78, 5) is 6.93. The number of hydrogen-bond acceptors (Lipinski definition) is 2. The number of aliphatic imine (C=N–C) groups is 1. The van der Waals surface area contributed by atoms with Gasteiger partial charge in [-0.2, -0.15) is 0 Å². The second-order valence-electron chi connectivity index (χ2n) is 3.16. The molecular formula is C11H14N2S. The van der Waals surface area contributed by atoms with Gasteiger partial charge >= 0.3 is 0 Å². The smallest absolute Gasteiger partial charge is 0.164 e. The standard InChI is InChI=1S/C11H14N2S/c1-2-13-8-9-14-11(13)12-10-6-4-3-5-7-10/h3-7H,2,8-9H2,1H3. The van der Waals surface area contributed by atoms with Crippen molar-refractivity contribution in [2.75, 3.05) is 18.8 Å². The molecule has 14 heavy (non-hydrogen) atoms. The summed E-state index contributed by atoms with van der Waals surface area (Å²) < 4.78 is 0. The maximum atomic E-state index is 4.62. The third-order valence-electron chi connectivity index (χ3n) is 2.23. The van der Waals surface area contributed by atoms with Crippen molar-refractivity contribution in [2.24, 2.45) is 4.99 Å². The second kappa shape index (κ2) is 4.51. The molecule has 2 nitrogen and oxygen atoms in total. The Hall–Kier alpha value is -0.960. The number of nitrogens with zero attached hydrogens (tertiary/aromatic N) is 2. The van der Waals surface area contributed by atoms with Crippen LogP contribution in [0.1, 0.15) is 6.92 Å². The van der Waals surface area contributed by atoms with Gasteiger partial charge in [0.15, 0.2) is 5.17 Å². The van der Waals surface area contributed by atoms with E-state index in [0.717, 1.165) is 18.8 Å². The lowest BCUT2D eigenvalue weighted by atomic mass is 10.3. The van der Waals surface area contributed by atoms with E-state index in [4.69, 9.17) is 0 Å². The third kappa shape index (κ3) is 2.10. The van der Waals surface area contributed by atoms with E-state index in [0.29, 0.717) is 0 Å². The molecule has 1 aromatic carbocycles. The van der Waals surface area contributed by atoms with Crippen molar-refractivity contribution in [2.45, 2.75) is 6.92 Å². The fourth-order valence-electron chi connectivity index (χ4n) is 1.44. The SMILES string of the molecule is CCN1CCSC1=Nc1ccccc1. The van der Waals surface area contributed by atoms with E-state index in [2.05, 4.69) is 16.8 Å². The average Bonchev–Trinajstić information content (AvgIpc) is 2.67. The van der Waals surface area contributed by atoms with Crippen LogP contribution < -0.4 is 0 Å². The van der Waals surface area contributed by atoms with E-state index in [-0.39, 0.29) is 0 Å². The fourth-order valence-corrected chi connectivity index (χ4v) is 2.51. The van der Waals surface area contributed by atoms with Gasteiger partial charge in [-0.25, -0.2) is 4.99 Å². The molecule has 0 saturated carbocycles. The molecule has 1 aliphatic heterocycles. The van der Waals surface area contributed by atoms with Crippen molar-refractivity contribution in [3.05, 3.63) is 30.3 Å². The van der Waals surface area contributed by atoms with Crippen molar-refractivity contribution in [1.29, 1.82) is 0 Å². The van der Waals surface area contributed by atoms with Gasteiger partial charge in [0.05, 0.1) is 5.69 Å². The Bertz CT molecular complexity index is 321. The maximum absolute atomic E-state index is 4.62. The molecule has 0 radical (unpaired) electrons. The van der Waals surface area contributed by atoms with Crippen molar-refractivity contribution in [3.8, 4) is 0 Å². The predicted octanol–water partition coefficient (Wildman–Crippen LogP) is 2.74. The molecule has 0 spiro atoms. The van der Waals surface area contributed by atoms with E-state index >= 15 is 0 Å². The Morgan fingerprint density at radius 2 is 2.14 bits per heavy atom. The van der Waals surface area contributed by atoms with Crippen molar-refractivity contribution < 1.29 is 0 Å². The number of benzene rings is 1. The molecule has 2 rings (SSSR count). The molecule has 1 saturated heterocycles. The quantitative estimate of drug-likeness (QED) is 0.739. The highest BCUT2D eigenvalue weighted by molar-refractivity contribution is 8.14. The molecule has 0 aliphatic carbocycles. The lowest BCUT2D eigenvalue weighted by Crippen LogP contribution is -2.23. The zero-order chi connectivity index (χ0) is 9.80. The van der Waals surface area contributed by atoms with Crippen LogP contribution in [0.25, 0.3) is 0 Å². The molecule has 0 amide bonds. The summed E-state index contributed by atoms with van der Waals surface area (Å²) in [7, 11) is 0. The lowest BCUT2D eigenvalue weighted by Gasteiger charge is -2.14. The maximum Gasteiger partial charge on any atom is 0.164 e. The van der Waals surface area contributed by atoms with Gasteiger partial charge in [0.1, 0.15) is 0 Å². The number of amidine groups is 1. The number of rotatable bonds is 2. The average molecular weight is 206 g/mol. The first-order chi connectivity index (χ1) is 6.90. The van der Waals surface area contributed by atoms with Crippen LogP contribution in [-0.4, -0.2) is 28.9 Å². The molecule has 3 heteroatoms. The molecule has 0 unspecified atom stereocenters. The van der Waals surface area contributed by atoms with Crippen molar-refractivity contribution in [1.82, 2.24) is 4.90 Å². The minimum Gasteiger partial charge on any atom is -0.351 e. The van der Waals surface area contributed by atoms with Crippen LogP contribution in [0.5, 0.6) is 0 Å². The topological polar surface area (TPSA) is 15.6 Å². The van der Waals surface area contributed by atoms with Crippen LogP contribution in [0.15, 0.2) is 35.3 Å². The van der Waals surface area contributed by atoms with E-state index in [1.54, 1.807) is 0 Å². The molecular weight excluding hydrogens is 192 g/mol. The Labute approximate surface area is 89.0 Å². The summed E-state index contributed by atoms with van der Waals surface area (Å²) in [6.07, 6.45) is 0.